The summed E-state index contributed by atoms with van der Waals surface area (Å²) in [6.45, 7) is 1.81. The van der Waals surface area contributed by atoms with E-state index in [0.29, 0.717) is 16.6 Å². The first-order chi connectivity index (χ1) is 9.79. The Morgan fingerprint density at radius 2 is 1.95 bits per heavy atom. The van der Waals surface area contributed by atoms with Crippen LogP contribution in [-0.4, -0.2) is 9.72 Å². The van der Waals surface area contributed by atoms with Crippen LogP contribution in [0.4, 0.5) is 19.1 Å². The molecule has 3 rings (SSSR count). The van der Waals surface area contributed by atoms with Gasteiger partial charge in [0.15, 0.2) is 0 Å². The van der Waals surface area contributed by atoms with Crippen molar-refractivity contribution in [2.24, 2.45) is 7.05 Å². The van der Waals surface area contributed by atoms with Crippen LogP contribution in [0.15, 0.2) is 28.8 Å². The molecule has 0 saturated carbocycles. The lowest BCUT2D eigenvalue weighted by Crippen LogP contribution is -2.04. The molecule has 0 atom stereocenters. The molecule has 0 aliphatic carbocycles. The summed E-state index contributed by atoms with van der Waals surface area (Å²) >= 11 is 0. The van der Waals surface area contributed by atoms with Crippen molar-refractivity contribution in [1.82, 2.24) is 9.72 Å². The lowest BCUT2D eigenvalue weighted by atomic mass is 10.1. The molecule has 1 aromatic carbocycles. The van der Waals surface area contributed by atoms with Gasteiger partial charge < -0.3 is 14.8 Å². The number of nitrogens with two attached hydrogens (primary N) is 1. The molecule has 2 heterocycles. The highest BCUT2D eigenvalue weighted by atomic mass is 19.4. The molecule has 110 valence electrons. The first-order valence-electron chi connectivity index (χ1n) is 6.18. The zero-order valence-corrected chi connectivity index (χ0v) is 11.3. The summed E-state index contributed by atoms with van der Waals surface area (Å²) in [6, 6.07) is 5.20. The van der Waals surface area contributed by atoms with E-state index >= 15 is 0 Å². The molecule has 2 N–H and O–H groups in total. The van der Waals surface area contributed by atoms with E-state index in [4.69, 9.17) is 10.3 Å². The highest BCUT2D eigenvalue weighted by molar-refractivity contribution is 5.97. The number of hydrogen-bond acceptors (Lipinski definition) is 3. The molecule has 7 heteroatoms. The molecule has 0 amide bonds. The third kappa shape index (κ3) is 2.05. The maximum absolute atomic E-state index is 12.8. The average Bonchev–Trinajstić information content (AvgIpc) is 2.92. The number of nitrogens with zero attached hydrogens (tertiary/aromatic N) is 2. The van der Waals surface area contributed by atoms with Gasteiger partial charge in [0.25, 0.3) is 0 Å². The van der Waals surface area contributed by atoms with Gasteiger partial charge >= 0.3 is 6.18 Å². The standard InChI is InChI=1S/C14H12F3N3O/c1-7-13(10-6-12(18)21-19-10)9-4-3-8(14(15,16)17)5-11(9)20(7)2/h3-6H,18H2,1-2H3. The van der Waals surface area contributed by atoms with Crippen LogP contribution in [0, 0.1) is 6.92 Å². The van der Waals surface area contributed by atoms with Crippen molar-refractivity contribution in [3.63, 3.8) is 0 Å². The van der Waals surface area contributed by atoms with Crippen molar-refractivity contribution in [2.75, 3.05) is 5.73 Å². The van der Waals surface area contributed by atoms with E-state index in [-0.39, 0.29) is 5.88 Å². The van der Waals surface area contributed by atoms with Crippen molar-refractivity contribution in [2.45, 2.75) is 13.1 Å². The van der Waals surface area contributed by atoms with Crippen molar-refractivity contribution in [3.8, 4) is 11.3 Å². The second-order valence-electron chi connectivity index (χ2n) is 4.86. The molecule has 0 radical (unpaired) electrons. The third-order valence-electron chi connectivity index (χ3n) is 3.61. The van der Waals surface area contributed by atoms with E-state index in [0.717, 1.165) is 23.4 Å². The zero-order chi connectivity index (χ0) is 15.4. The minimum absolute atomic E-state index is 0.160. The van der Waals surface area contributed by atoms with E-state index < -0.39 is 11.7 Å². The molecule has 0 spiro atoms. The van der Waals surface area contributed by atoms with Gasteiger partial charge in [0.2, 0.25) is 5.88 Å². The van der Waals surface area contributed by atoms with Gasteiger partial charge in [0.05, 0.1) is 5.56 Å². The Bertz CT molecular complexity index is 830. The largest absolute Gasteiger partial charge is 0.416 e. The van der Waals surface area contributed by atoms with Crippen molar-refractivity contribution in [3.05, 3.63) is 35.5 Å². The monoisotopic (exact) mass is 295 g/mol. The van der Waals surface area contributed by atoms with E-state index in [1.165, 1.54) is 6.07 Å². The summed E-state index contributed by atoms with van der Waals surface area (Å²) in [7, 11) is 1.71. The molecule has 0 aliphatic rings. The Morgan fingerprint density at radius 1 is 1.24 bits per heavy atom. The van der Waals surface area contributed by atoms with Crippen LogP contribution in [0.1, 0.15) is 11.3 Å². The second-order valence-corrected chi connectivity index (χ2v) is 4.86. The number of fused-ring (bicyclic) bond motifs is 1. The topological polar surface area (TPSA) is 57.0 Å². The molecule has 3 aromatic rings. The van der Waals surface area contributed by atoms with Gasteiger partial charge in [0, 0.05) is 35.3 Å². The number of benzene rings is 1. The van der Waals surface area contributed by atoms with Crippen LogP contribution < -0.4 is 5.73 Å². The van der Waals surface area contributed by atoms with Gasteiger partial charge in [-0.2, -0.15) is 13.2 Å². The number of halogens is 3. The van der Waals surface area contributed by atoms with Crippen LogP contribution in [-0.2, 0) is 13.2 Å². The van der Waals surface area contributed by atoms with Gasteiger partial charge in [-0.3, -0.25) is 0 Å². The number of alkyl halides is 3. The first-order valence-corrected chi connectivity index (χ1v) is 6.18. The molecule has 4 nitrogen and oxygen atoms in total. The van der Waals surface area contributed by atoms with Crippen LogP contribution in [0.2, 0.25) is 0 Å². The van der Waals surface area contributed by atoms with E-state index in [2.05, 4.69) is 5.16 Å². The Balaban J connectivity index is 2.30. The Hall–Kier alpha value is -2.44. The van der Waals surface area contributed by atoms with Gasteiger partial charge in [-0.1, -0.05) is 11.2 Å². The van der Waals surface area contributed by atoms with Crippen molar-refractivity contribution < 1.29 is 17.7 Å². The fourth-order valence-electron chi connectivity index (χ4n) is 2.47. The van der Waals surface area contributed by atoms with Gasteiger partial charge in [0.1, 0.15) is 5.69 Å². The fourth-order valence-corrected chi connectivity index (χ4v) is 2.47. The molecule has 0 fully saturated rings. The summed E-state index contributed by atoms with van der Waals surface area (Å²) in [5.41, 5.74) is 7.34. The number of aromatic nitrogens is 2. The summed E-state index contributed by atoms with van der Waals surface area (Å²) in [5, 5.41) is 4.52. The van der Waals surface area contributed by atoms with Crippen LogP contribution in [0.3, 0.4) is 0 Å². The molecule has 0 bridgehead atoms. The summed E-state index contributed by atoms with van der Waals surface area (Å²) in [5.74, 6) is 0.160. The van der Waals surface area contributed by atoms with Crippen molar-refractivity contribution >= 4 is 16.8 Å². The van der Waals surface area contributed by atoms with Crippen LogP contribution in [0.5, 0.6) is 0 Å². The predicted octanol–water partition coefficient (Wildman–Crippen LogP) is 3.74. The molecular weight excluding hydrogens is 283 g/mol. The van der Waals surface area contributed by atoms with Gasteiger partial charge in [-0.05, 0) is 19.1 Å². The third-order valence-corrected chi connectivity index (χ3v) is 3.61. The number of nitrogen functional groups attached to an aromatic ring is 1. The normalized spacial score (nSPS) is 12.2. The number of aryl methyl sites for hydroxylation is 1. The lowest BCUT2D eigenvalue weighted by molar-refractivity contribution is -0.137. The highest BCUT2D eigenvalue weighted by Gasteiger charge is 2.31. The number of anilines is 1. The van der Waals surface area contributed by atoms with E-state index in [1.54, 1.807) is 17.7 Å². The highest BCUT2D eigenvalue weighted by Crippen LogP contribution is 2.37. The lowest BCUT2D eigenvalue weighted by Gasteiger charge is -2.07. The minimum Gasteiger partial charge on any atom is -0.368 e. The van der Waals surface area contributed by atoms with Crippen LogP contribution >= 0.6 is 0 Å². The predicted molar refractivity (Wildman–Crippen MR) is 72.6 cm³/mol. The van der Waals surface area contributed by atoms with Gasteiger partial charge in [-0.25, -0.2) is 0 Å². The second kappa shape index (κ2) is 4.28. The molecule has 0 unspecified atom stereocenters. The summed E-state index contributed by atoms with van der Waals surface area (Å²) in [4.78, 5) is 0. The fraction of sp³-hybridized carbons (Fsp3) is 0.214. The van der Waals surface area contributed by atoms with E-state index in [9.17, 15) is 13.2 Å². The summed E-state index contributed by atoms with van der Waals surface area (Å²) in [6.07, 6.45) is -4.37. The number of hydrogen-bond donors (Lipinski definition) is 1. The minimum atomic E-state index is -4.37. The van der Waals surface area contributed by atoms with E-state index in [1.807, 2.05) is 6.92 Å². The van der Waals surface area contributed by atoms with Crippen LogP contribution in [0.25, 0.3) is 22.2 Å². The molecule has 2 aromatic heterocycles. The maximum Gasteiger partial charge on any atom is 0.416 e. The summed E-state index contributed by atoms with van der Waals surface area (Å²) < 4.78 is 45.0. The maximum atomic E-state index is 12.8. The molecule has 0 saturated heterocycles. The first kappa shape index (κ1) is 13.5. The quantitative estimate of drug-likeness (QED) is 0.744. The number of rotatable bonds is 1. The Kier molecular flexibility index (Phi) is 2.76. The SMILES string of the molecule is Cc1c(-c2cc(N)on2)c2ccc(C(F)(F)F)cc2n1C. The molecule has 21 heavy (non-hydrogen) atoms. The zero-order valence-electron chi connectivity index (χ0n) is 11.3. The van der Waals surface area contributed by atoms with Gasteiger partial charge in [-0.15, -0.1) is 0 Å². The molecular formula is C14H12F3N3O. The molecule has 0 aliphatic heterocycles. The smallest absolute Gasteiger partial charge is 0.368 e. The van der Waals surface area contributed by atoms with Crippen molar-refractivity contribution in [1.29, 1.82) is 0 Å². The Morgan fingerprint density at radius 3 is 2.52 bits per heavy atom. The Labute approximate surface area is 117 Å². The average molecular weight is 295 g/mol.